The molecule has 0 saturated carbocycles. The van der Waals surface area contributed by atoms with Crippen LogP contribution in [0.3, 0.4) is 0 Å². The molecule has 4 heteroatoms. The van der Waals surface area contributed by atoms with Gasteiger partial charge in [-0.1, -0.05) is 32.6 Å². The summed E-state index contributed by atoms with van der Waals surface area (Å²) in [5.74, 6) is 0.310. The molecule has 0 aromatic carbocycles. The second-order valence-corrected chi connectivity index (χ2v) is 11.5. The fourth-order valence-corrected chi connectivity index (χ4v) is 3.35. The van der Waals surface area contributed by atoms with Crippen LogP contribution in [-0.2, 0) is 4.79 Å². The van der Waals surface area contributed by atoms with Crippen LogP contribution in [-0.4, -0.2) is 44.6 Å². The summed E-state index contributed by atoms with van der Waals surface area (Å²) in [6.45, 7) is 12.0. The molecular weight excluding hydrogens is 216 g/mol. The van der Waals surface area contributed by atoms with Crippen molar-refractivity contribution in [1.82, 2.24) is 10.2 Å². The molecule has 1 rings (SSSR count). The fourth-order valence-electron chi connectivity index (χ4n) is 2.13. The molecule has 16 heavy (non-hydrogen) atoms. The van der Waals surface area contributed by atoms with Crippen LogP contribution in [0.25, 0.3) is 0 Å². The molecule has 94 valence electrons. The number of piperazine rings is 1. The van der Waals surface area contributed by atoms with Crippen LogP contribution in [0.15, 0.2) is 0 Å². The molecule has 0 aliphatic carbocycles. The van der Waals surface area contributed by atoms with E-state index in [0.717, 1.165) is 26.1 Å². The third-order valence-electron chi connectivity index (χ3n) is 3.15. The van der Waals surface area contributed by atoms with Crippen LogP contribution >= 0.6 is 0 Å². The van der Waals surface area contributed by atoms with E-state index in [9.17, 15) is 4.79 Å². The molecule has 1 unspecified atom stereocenters. The van der Waals surface area contributed by atoms with Gasteiger partial charge in [0.25, 0.3) is 0 Å². The monoisotopic (exact) mass is 242 g/mol. The minimum atomic E-state index is -0.943. The van der Waals surface area contributed by atoms with E-state index in [-0.39, 0.29) is 6.04 Å². The van der Waals surface area contributed by atoms with Gasteiger partial charge < -0.3 is 10.2 Å². The number of nitrogens with zero attached hydrogens (tertiary/aromatic N) is 1. The predicted octanol–water partition coefficient (Wildman–Crippen LogP) is 1.93. The molecule has 0 radical (unpaired) electrons. The molecule has 0 spiro atoms. The second kappa shape index (κ2) is 5.82. The predicted molar refractivity (Wildman–Crippen MR) is 71.4 cm³/mol. The molecule has 3 nitrogen and oxygen atoms in total. The molecule has 0 aromatic heterocycles. The zero-order valence-electron chi connectivity index (χ0n) is 11.2. The Hall–Kier alpha value is -0.353. The van der Waals surface area contributed by atoms with Gasteiger partial charge in [0, 0.05) is 27.7 Å². The van der Waals surface area contributed by atoms with Crippen molar-refractivity contribution in [3.8, 4) is 0 Å². The third-order valence-corrected chi connectivity index (χ3v) is 5.00. The maximum Gasteiger partial charge on any atom is 0.239 e. The highest BCUT2D eigenvalue weighted by Gasteiger charge is 2.26. The summed E-state index contributed by atoms with van der Waals surface area (Å²) in [4.78, 5) is 14.0. The van der Waals surface area contributed by atoms with Crippen molar-refractivity contribution in [2.45, 2.75) is 51.5 Å². The number of rotatable bonds is 5. The van der Waals surface area contributed by atoms with E-state index in [1.807, 2.05) is 4.90 Å². The second-order valence-electron chi connectivity index (χ2n) is 5.90. The topological polar surface area (TPSA) is 32.3 Å². The molecule has 0 aromatic rings. The molecule has 1 N–H and O–H groups in total. The van der Waals surface area contributed by atoms with Gasteiger partial charge >= 0.3 is 0 Å². The molecule has 0 bridgehead atoms. The Balaban J connectivity index is 2.33. The molecule has 1 fully saturated rings. The summed E-state index contributed by atoms with van der Waals surface area (Å²) >= 11 is 0. The Kier molecular flexibility index (Phi) is 4.99. The summed E-state index contributed by atoms with van der Waals surface area (Å²) in [5.41, 5.74) is 0. The van der Waals surface area contributed by atoms with Gasteiger partial charge in [0.05, 0.1) is 6.04 Å². The van der Waals surface area contributed by atoms with Crippen molar-refractivity contribution in [3.63, 3.8) is 0 Å². The van der Waals surface area contributed by atoms with Crippen molar-refractivity contribution in [3.05, 3.63) is 0 Å². The first-order valence-electron chi connectivity index (χ1n) is 6.46. The van der Waals surface area contributed by atoms with Crippen molar-refractivity contribution >= 4 is 14.0 Å². The SMILES string of the molecule is CCC1NCCN(CCC[Si](C)(C)C)C1=O. The number of carbonyl (C=O) groups excluding carboxylic acids is 1. The van der Waals surface area contributed by atoms with Gasteiger partial charge in [-0.2, -0.15) is 0 Å². The zero-order valence-corrected chi connectivity index (χ0v) is 12.2. The van der Waals surface area contributed by atoms with Crippen molar-refractivity contribution in [1.29, 1.82) is 0 Å². The largest absolute Gasteiger partial charge is 0.340 e. The number of carbonyl (C=O) groups is 1. The Morgan fingerprint density at radius 2 is 2.12 bits per heavy atom. The van der Waals surface area contributed by atoms with Crippen molar-refractivity contribution < 1.29 is 4.79 Å². The molecule has 1 saturated heterocycles. The van der Waals surface area contributed by atoms with Crippen LogP contribution in [0.2, 0.25) is 25.7 Å². The van der Waals surface area contributed by atoms with E-state index < -0.39 is 8.07 Å². The summed E-state index contributed by atoms with van der Waals surface area (Å²) in [6, 6.07) is 1.39. The van der Waals surface area contributed by atoms with Crippen LogP contribution in [0.4, 0.5) is 0 Å². The lowest BCUT2D eigenvalue weighted by Crippen LogP contribution is -2.54. The standard InChI is InChI=1S/C12H26N2OSi/c1-5-11-12(15)14(9-7-13-11)8-6-10-16(2,3)4/h11,13H,5-10H2,1-4H3. The first-order valence-corrected chi connectivity index (χ1v) is 10.2. The third kappa shape index (κ3) is 4.26. The minimum Gasteiger partial charge on any atom is -0.340 e. The lowest BCUT2D eigenvalue weighted by molar-refractivity contribution is -0.135. The Labute approximate surface area is 101 Å². The first kappa shape index (κ1) is 13.7. The van der Waals surface area contributed by atoms with Gasteiger partial charge in [0.2, 0.25) is 5.91 Å². The van der Waals surface area contributed by atoms with E-state index in [1.54, 1.807) is 0 Å². The van der Waals surface area contributed by atoms with Crippen LogP contribution < -0.4 is 5.32 Å². The molecule has 1 aliphatic heterocycles. The van der Waals surface area contributed by atoms with E-state index in [4.69, 9.17) is 0 Å². The lowest BCUT2D eigenvalue weighted by Gasteiger charge is -2.33. The zero-order chi connectivity index (χ0) is 12.2. The molecular formula is C12H26N2OSi. The average Bonchev–Trinajstić information content (AvgIpc) is 2.19. The summed E-state index contributed by atoms with van der Waals surface area (Å²) < 4.78 is 0. The van der Waals surface area contributed by atoms with E-state index >= 15 is 0 Å². The Bertz CT molecular complexity index is 238. The highest BCUT2D eigenvalue weighted by Crippen LogP contribution is 2.13. The maximum absolute atomic E-state index is 12.0. The van der Waals surface area contributed by atoms with E-state index in [1.165, 1.54) is 12.5 Å². The average molecular weight is 242 g/mol. The van der Waals surface area contributed by atoms with E-state index in [0.29, 0.717) is 5.91 Å². The molecule has 1 atom stereocenters. The Morgan fingerprint density at radius 3 is 2.69 bits per heavy atom. The van der Waals surface area contributed by atoms with Gasteiger partial charge in [-0.3, -0.25) is 4.79 Å². The van der Waals surface area contributed by atoms with Gasteiger partial charge in [0.15, 0.2) is 0 Å². The number of amides is 1. The molecule has 1 aliphatic rings. The normalized spacial score (nSPS) is 22.6. The maximum atomic E-state index is 12.0. The smallest absolute Gasteiger partial charge is 0.239 e. The summed E-state index contributed by atoms with van der Waals surface area (Å²) in [6.07, 6.45) is 2.08. The van der Waals surface area contributed by atoms with Gasteiger partial charge in [-0.15, -0.1) is 0 Å². The number of nitrogens with one attached hydrogen (secondary N) is 1. The van der Waals surface area contributed by atoms with E-state index in [2.05, 4.69) is 31.9 Å². The Morgan fingerprint density at radius 1 is 1.44 bits per heavy atom. The molecule has 1 amide bonds. The van der Waals surface area contributed by atoms with Gasteiger partial charge in [-0.05, 0) is 12.8 Å². The lowest BCUT2D eigenvalue weighted by atomic mass is 10.1. The van der Waals surface area contributed by atoms with Crippen molar-refractivity contribution in [2.24, 2.45) is 0 Å². The summed E-state index contributed by atoms with van der Waals surface area (Å²) in [7, 11) is -0.943. The quantitative estimate of drug-likeness (QED) is 0.747. The van der Waals surface area contributed by atoms with Crippen LogP contribution in [0.1, 0.15) is 19.8 Å². The minimum absolute atomic E-state index is 0.0700. The highest BCUT2D eigenvalue weighted by atomic mass is 28.3. The van der Waals surface area contributed by atoms with Crippen molar-refractivity contribution in [2.75, 3.05) is 19.6 Å². The number of hydrogen-bond donors (Lipinski definition) is 1. The number of hydrogen-bond acceptors (Lipinski definition) is 2. The van der Waals surface area contributed by atoms with Gasteiger partial charge in [0.1, 0.15) is 0 Å². The van der Waals surface area contributed by atoms with Crippen LogP contribution in [0.5, 0.6) is 0 Å². The molecule has 1 heterocycles. The fraction of sp³-hybridized carbons (Fsp3) is 0.917. The highest BCUT2D eigenvalue weighted by molar-refractivity contribution is 6.76. The van der Waals surface area contributed by atoms with Gasteiger partial charge in [-0.25, -0.2) is 0 Å². The summed E-state index contributed by atoms with van der Waals surface area (Å²) in [5, 5.41) is 3.27. The van der Waals surface area contributed by atoms with Crippen LogP contribution in [0, 0.1) is 0 Å². The first-order chi connectivity index (χ1) is 7.44.